The summed E-state index contributed by atoms with van der Waals surface area (Å²) in [4.78, 5) is 17.2. The fourth-order valence-corrected chi connectivity index (χ4v) is 5.71. The maximum absolute atomic E-state index is 12.7. The van der Waals surface area contributed by atoms with E-state index in [0.717, 1.165) is 11.1 Å². The van der Waals surface area contributed by atoms with Crippen LogP contribution in [0.5, 0.6) is 0 Å². The van der Waals surface area contributed by atoms with Crippen molar-refractivity contribution in [2.45, 2.75) is 22.4 Å². The van der Waals surface area contributed by atoms with Gasteiger partial charge in [-0.2, -0.15) is 4.31 Å². The van der Waals surface area contributed by atoms with Gasteiger partial charge in [0, 0.05) is 19.3 Å². The molecule has 178 valence electrons. The lowest BCUT2D eigenvalue weighted by atomic mass is 9.99. The van der Waals surface area contributed by atoms with Gasteiger partial charge in [0.2, 0.25) is 15.9 Å². The van der Waals surface area contributed by atoms with Gasteiger partial charge in [-0.15, -0.1) is 0 Å². The molecule has 1 aliphatic rings. The van der Waals surface area contributed by atoms with Gasteiger partial charge in [0.1, 0.15) is 4.90 Å². The number of rotatable bonds is 9. The summed E-state index contributed by atoms with van der Waals surface area (Å²) < 4.78 is 32.1. The molecule has 3 aromatic rings. The third-order valence-corrected chi connectivity index (χ3v) is 8.31. The summed E-state index contributed by atoms with van der Waals surface area (Å²) in [5, 5.41) is 3.72. The first-order chi connectivity index (χ1) is 16.5. The monoisotopic (exact) mass is 497 g/mol. The van der Waals surface area contributed by atoms with Crippen LogP contribution >= 0.6 is 11.8 Å². The Morgan fingerprint density at radius 1 is 1.00 bits per heavy atom. The molecule has 0 aliphatic carbocycles. The molecule has 0 bridgehead atoms. The molecule has 1 amide bonds. The van der Waals surface area contributed by atoms with Crippen LogP contribution in [-0.4, -0.2) is 55.7 Å². The smallest absolute Gasteiger partial charge is 0.244 e. The van der Waals surface area contributed by atoms with Crippen molar-refractivity contribution in [2.75, 3.05) is 32.1 Å². The van der Waals surface area contributed by atoms with E-state index in [0.29, 0.717) is 37.8 Å². The van der Waals surface area contributed by atoms with E-state index in [1.807, 2.05) is 60.7 Å². The molecular formula is C25H27N3O4S2. The number of sulfonamides is 1. The average Bonchev–Trinajstić information content (AvgIpc) is 2.89. The summed E-state index contributed by atoms with van der Waals surface area (Å²) >= 11 is 1.28. The Bertz CT molecular complexity index is 1170. The first-order valence-electron chi connectivity index (χ1n) is 11.1. The van der Waals surface area contributed by atoms with Gasteiger partial charge in [-0.1, -0.05) is 72.4 Å². The van der Waals surface area contributed by atoms with Crippen molar-refractivity contribution >= 4 is 27.7 Å². The fourth-order valence-electron chi connectivity index (χ4n) is 3.70. The van der Waals surface area contributed by atoms with Crippen LogP contribution in [0.2, 0.25) is 0 Å². The number of morpholine rings is 1. The second-order valence-electron chi connectivity index (χ2n) is 7.86. The Hall–Kier alpha value is -2.72. The molecule has 9 heteroatoms. The van der Waals surface area contributed by atoms with E-state index in [9.17, 15) is 13.2 Å². The molecular weight excluding hydrogens is 470 g/mol. The molecule has 1 saturated heterocycles. The Morgan fingerprint density at radius 2 is 1.68 bits per heavy atom. The SMILES string of the molecule is O=C(CSc1ccc(S(=O)(=O)N2CCOCC2)cn1)N[C@H](Cc1ccccc1)c1ccccc1. The summed E-state index contributed by atoms with van der Waals surface area (Å²) in [6, 6.07) is 23.0. The number of carbonyl (C=O) groups is 1. The Kier molecular flexibility index (Phi) is 8.34. The number of thioether (sulfide) groups is 1. The molecule has 0 unspecified atom stereocenters. The summed E-state index contributed by atoms with van der Waals surface area (Å²) in [5.41, 5.74) is 2.18. The van der Waals surface area contributed by atoms with Crippen molar-refractivity contribution in [3.8, 4) is 0 Å². The molecule has 1 fully saturated rings. The largest absolute Gasteiger partial charge is 0.379 e. The normalized spacial score (nSPS) is 15.5. The maximum atomic E-state index is 12.7. The van der Waals surface area contributed by atoms with E-state index in [-0.39, 0.29) is 22.6 Å². The van der Waals surface area contributed by atoms with Gasteiger partial charge < -0.3 is 10.1 Å². The van der Waals surface area contributed by atoms with E-state index in [1.54, 1.807) is 12.1 Å². The molecule has 34 heavy (non-hydrogen) atoms. The minimum Gasteiger partial charge on any atom is -0.379 e. The number of amides is 1. The number of pyridine rings is 1. The van der Waals surface area contributed by atoms with Crippen LogP contribution in [0.25, 0.3) is 0 Å². The zero-order chi connectivity index (χ0) is 23.8. The number of nitrogens with one attached hydrogen (secondary N) is 1. The van der Waals surface area contributed by atoms with Gasteiger partial charge >= 0.3 is 0 Å². The fraction of sp³-hybridized carbons (Fsp3) is 0.280. The molecule has 4 rings (SSSR count). The number of hydrogen-bond donors (Lipinski definition) is 1. The van der Waals surface area contributed by atoms with Crippen LogP contribution in [0.4, 0.5) is 0 Å². The van der Waals surface area contributed by atoms with Gasteiger partial charge in [0.15, 0.2) is 0 Å². The van der Waals surface area contributed by atoms with Gasteiger partial charge in [-0.25, -0.2) is 13.4 Å². The lowest BCUT2D eigenvalue weighted by molar-refractivity contribution is -0.119. The van der Waals surface area contributed by atoms with E-state index in [4.69, 9.17) is 4.74 Å². The maximum Gasteiger partial charge on any atom is 0.244 e. The van der Waals surface area contributed by atoms with Gasteiger partial charge in [-0.05, 0) is 29.7 Å². The highest BCUT2D eigenvalue weighted by Gasteiger charge is 2.26. The highest BCUT2D eigenvalue weighted by molar-refractivity contribution is 7.99. The Labute approximate surface area is 204 Å². The summed E-state index contributed by atoms with van der Waals surface area (Å²) in [5.74, 6) is 0.0716. The molecule has 7 nitrogen and oxygen atoms in total. The van der Waals surface area contributed by atoms with E-state index in [1.165, 1.54) is 22.3 Å². The van der Waals surface area contributed by atoms with Crippen molar-refractivity contribution in [1.82, 2.24) is 14.6 Å². The van der Waals surface area contributed by atoms with E-state index >= 15 is 0 Å². The number of hydrogen-bond acceptors (Lipinski definition) is 6. The standard InChI is InChI=1S/C25H27N3O4S2/c29-24(27-23(21-9-5-2-6-10-21)17-20-7-3-1-4-8-20)19-33-25-12-11-22(18-26-25)34(30,31)28-13-15-32-16-14-28/h1-12,18,23H,13-17,19H2,(H,27,29)/t23-/m1/s1. The molecule has 1 aromatic heterocycles. The van der Waals surface area contributed by atoms with E-state index in [2.05, 4.69) is 10.3 Å². The molecule has 0 radical (unpaired) electrons. The first kappa shape index (κ1) is 24.4. The molecule has 1 atom stereocenters. The van der Waals surface area contributed by atoms with Crippen LogP contribution in [0.1, 0.15) is 17.2 Å². The summed E-state index contributed by atoms with van der Waals surface area (Å²) in [6.45, 7) is 1.46. The van der Waals surface area contributed by atoms with Crippen LogP contribution in [-0.2, 0) is 26.0 Å². The first-order valence-corrected chi connectivity index (χ1v) is 13.5. The van der Waals surface area contributed by atoms with Crippen molar-refractivity contribution in [3.63, 3.8) is 0 Å². The van der Waals surface area contributed by atoms with Crippen LogP contribution in [0, 0.1) is 0 Å². The number of ether oxygens (including phenoxy) is 1. The lowest BCUT2D eigenvalue weighted by Gasteiger charge is -2.25. The van der Waals surface area contributed by atoms with Crippen LogP contribution in [0.3, 0.4) is 0 Å². The zero-order valence-corrected chi connectivity index (χ0v) is 20.3. The summed E-state index contributed by atoms with van der Waals surface area (Å²) in [6.07, 6.45) is 2.04. The highest BCUT2D eigenvalue weighted by Crippen LogP contribution is 2.22. The zero-order valence-electron chi connectivity index (χ0n) is 18.7. The second kappa shape index (κ2) is 11.6. The predicted molar refractivity (Wildman–Crippen MR) is 132 cm³/mol. The van der Waals surface area contributed by atoms with Crippen LogP contribution in [0.15, 0.2) is 88.9 Å². The van der Waals surface area contributed by atoms with Crippen molar-refractivity contribution in [2.24, 2.45) is 0 Å². The minimum atomic E-state index is -3.58. The topological polar surface area (TPSA) is 88.6 Å². The van der Waals surface area contributed by atoms with Gasteiger partial charge in [0.05, 0.1) is 30.0 Å². The number of aromatic nitrogens is 1. The number of carbonyl (C=O) groups excluding carboxylic acids is 1. The van der Waals surface area contributed by atoms with Crippen LogP contribution < -0.4 is 5.32 Å². The van der Waals surface area contributed by atoms with E-state index < -0.39 is 10.0 Å². The van der Waals surface area contributed by atoms with Crippen molar-refractivity contribution < 1.29 is 17.9 Å². The highest BCUT2D eigenvalue weighted by atomic mass is 32.2. The average molecular weight is 498 g/mol. The molecule has 0 saturated carbocycles. The Morgan fingerprint density at radius 3 is 2.32 bits per heavy atom. The molecule has 0 spiro atoms. The number of nitrogens with zero attached hydrogens (tertiary/aromatic N) is 2. The molecule has 1 N–H and O–H groups in total. The summed E-state index contributed by atoms with van der Waals surface area (Å²) in [7, 11) is -3.58. The molecule has 2 heterocycles. The Balaban J connectivity index is 1.36. The van der Waals surface area contributed by atoms with Gasteiger partial charge in [0.25, 0.3) is 0 Å². The predicted octanol–water partition coefficient (Wildman–Crippen LogP) is 3.29. The van der Waals surface area contributed by atoms with Crippen molar-refractivity contribution in [3.05, 3.63) is 90.1 Å². The third-order valence-electron chi connectivity index (χ3n) is 5.49. The molecule has 1 aliphatic heterocycles. The quantitative estimate of drug-likeness (QED) is 0.457. The lowest BCUT2D eigenvalue weighted by Crippen LogP contribution is -2.40. The number of benzene rings is 2. The second-order valence-corrected chi connectivity index (χ2v) is 10.8. The third kappa shape index (κ3) is 6.44. The van der Waals surface area contributed by atoms with Crippen molar-refractivity contribution in [1.29, 1.82) is 0 Å². The minimum absolute atomic E-state index is 0.110. The molecule has 2 aromatic carbocycles. The van der Waals surface area contributed by atoms with Gasteiger partial charge in [-0.3, -0.25) is 4.79 Å².